The van der Waals surface area contributed by atoms with Crippen LogP contribution in [-0.4, -0.2) is 46.4 Å². The molecule has 0 aliphatic carbocycles. The second-order valence-corrected chi connectivity index (χ2v) is 4.02. The van der Waals surface area contributed by atoms with E-state index in [1.54, 1.807) is 30.3 Å². The molecule has 0 fully saturated rings. The molecule has 1 aliphatic rings. The molecule has 102 valence electrons. The summed E-state index contributed by atoms with van der Waals surface area (Å²) in [5, 5.41) is 28.1. The molecule has 0 bridgehead atoms. The Labute approximate surface area is 109 Å². The lowest BCUT2D eigenvalue weighted by atomic mass is 10.1. The van der Waals surface area contributed by atoms with Crippen molar-refractivity contribution in [3.05, 3.63) is 47.7 Å². The number of aliphatic hydroxyl groups excluding tert-OH is 3. The van der Waals surface area contributed by atoms with E-state index in [0.29, 0.717) is 5.56 Å². The Balaban J connectivity index is 2.09. The summed E-state index contributed by atoms with van der Waals surface area (Å²) in [5.41, 5.74) is 0.314. The van der Waals surface area contributed by atoms with Gasteiger partial charge in [0.05, 0.1) is 12.2 Å². The lowest BCUT2D eigenvalue weighted by Crippen LogP contribution is -2.41. The van der Waals surface area contributed by atoms with Gasteiger partial charge in [-0.1, -0.05) is 18.2 Å². The lowest BCUT2D eigenvalue weighted by molar-refractivity contribution is -0.176. The van der Waals surface area contributed by atoms with E-state index in [9.17, 15) is 15.0 Å². The minimum atomic E-state index is -1.49. The van der Waals surface area contributed by atoms with Crippen molar-refractivity contribution in [3.8, 4) is 0 Å². The monoisotopic (exact) mass is 266 g/mol. The molecule has 0 spiro atoms. The summed E-state index contributed by atoms with van der Waals surface area (Å²) in [6.07, 6.45) is -2.43. The van der Waals surface area contributed by atoms with Crippen molar-refractivity contribution in [2.24, 2.45) is 0 Å². The van der Waals surface area contributed by atoms with Crippen LogP contribution in [0.5, 0.6) is 0 Å². The van der Waals surface area contributed by atoms with Crippen LogP contribution in [0.25, 0.3) is 0 Å². The summed E-state index contributed by atoms with van der Waals surface area (Å²) >= 11 is 0. The zero-order valence-electron chi connectivity index (χ0n) is 9.97. The van der Waals surface area contributed by atoms with Crippen LogP contribution in [0.3, 0.4) is 0 Å². The van der Waals surface area contributed by atoms with Crippen LogP contribution in [0, 0.1) is 0 Å². The Morgan fingerprint density at radius 2 is 1.95 bits per heavy atom. The van der Waals surface area contributed by atoms with Gasteiger partial charge in [0.2, 0.25) is 6.29 Å². The van der Waals surface area contributed by atoms with E-state index in [4.69, 9.17) is 14.6 Å². The van der Waals surface area contributed by atoms with E-state index in [-0.39, 0.29) is 5.76 Å². The first-order valence-corrected chi connectivity index (χ1v) is 5.73. The van der Waals surface area contributed by atoms with Crippen LogP contribution >= 0.6 is 0 Å². The predicted octanol–water partition coefficient (Wildman–Crippen LogP) is -0.202. The Hall–Kier alpha value is -1.73. The molecular formula is C13H14O6. The summed E-state index contributed by atoms with van der Waals surface area (Å²) in [4.78, 5) is 11.8. The number of rotatable bonds is 3. The first-order valence-electron chi connectivity index (χ1n) is 5.73. The summed E-state index contributed by atoms with van der Waals surface area (Å²) in [6, 6.07) is 8.23. The predicted molar refractivity (Wildman–Crippen MR) is 63.9 cm³/mol. The molecule has 3 atom stereocenters. The number of carbonyl (C=O) groups excluding carboxylic acids is 1. The SMILES string of the molecule is O=C(OC1=C[C@H](O)[C@@H](CO)OC1O)c1ccccc1. The van der Waals surface area contributed by atoms with Crippen molar-refractivity contribution in [1.82, 2.24) is 0 Å². The molecule has 1 aromatic rings. The van der Waals surface area contributed by atoms with Gasteiger partial charge >= 0.3 is 5.97 Å². The maximum atomic E-state index is 11.8. The van der Waals surface area contributed by atoms with Gasteiger partial charge in [-0.25, -0.2) is 4.79 Å². The Morgan fingerprint density at radius 1 is 1.26 bits per heavy atom. The highest BCUT2D eigenvalue weighted by atomic mass is 16.7. The van der Waals surface area contributed by atoms with Crippen molar-refractivity contribution in [1.29, 1.82) is 0 Å². The Kier molecular flexibility index (Phi) is 4.28. The topological polar surface area (TPSA) is 96.2 Å². The van der Waals surface area contributed by atoms with Crippen molar-refractivity contribution in [3.63, 3.8) is 0 Å². The average molecular weight is 266 g/mol. The van der Waals surface area contributed by atoms with Crippen molar-refractivity contribution < 1.29 is 29.6 Å². The van der Waals surface area contributed by atoms with E-state index in [1.165, 1.54) is 0 Å². The average Bonchev–Trinajstić information content (AvgIpc) is 2.43. The number of hydrogen-bond acceptors (Lipinski definition) is 6. The fraction of sp³-hybridized carbons (Fsp3) is 0.308. The largest absolute Gasteiger partial charge is 0.422 e. The molecule has 0 amide bonds. The van der Waals surface area contributed by atoms with Gasteiger partial charge in [0, 0.05) is 0 Å². The van der Waals surface area contributed by atoms with Gasteiger partial charge in [0.15, 0.2) is 5.76 Å². The molecular weight excluding hydrogens is 252 g/mol. The van der Waals surface area contributed by atoms with Crippen LogP contribution in [0.4, 0.5) is 0 Å². The lowest BCUT2D eigenvalue weighted by Gasteiger charge is -2.28. The highest BCUT2D eigenvalue weighted by Gasteiger charge is 2.31. The van der Waals surface area contributed by atoms with Gasteiger partial charge in [0.25, 0.3) is 0 Å². The van der Waals surface area contributed by atoms with Crippen molar-refractivity contribution in [2.45, 2.75) is 18.5 Å². The fourth-order valence-electron chi connectivity index (χ4n) is 1.65. The molecule has 6 nitrogen and oxygen atoms in total. The van der Waals surface area contributed by atoms with Crippen LogP contribution in [0.15, 0.2) is 42.2 Å². The van der Waals surface area contributed by atoms with Crippen LogP contribution in [-0.2, 0) is 9.47 Å². The molecule has 0 aromatic heterocycles. The third-order valence-corrected chi connectivity index (χ3v) is 2.66. The van der Waals surface area contributed by atoms with Gasteiger partial charge in [-0.15, -0.1) is 0 Å². The molecule has 0 radical (unpaired) electrons. The van der Waals surface area contributed by atoms with Crippen molar-refractivity contribution >= 4 is 5.97 Å². The van der Waals surface area contributed by atoms with Gasteiger partial charge in [-0.2, -0.15) is 0 Å². The molecule has 1 heterocycles. The van der Waals surface area contributed by atoms with Crippen LogP contribution < -0.4 is 0 Å². The number of ether oxygens (including phenoxy) is 2. The molecule has 2 rings (SSSR count). The van der Waals surface area contributed by atoms with E-state index < -0.39 is 31.1 Å². The molecule has 1 aliphatic heterocycles. The zero-order chi connectivity index (χ0) is 13.8. The third-order valence-electron chi connectivity index (χ3n) is 2.66. The number of benzene rings is 1. The van der Waals surface area contributed by atoms with Gasteiger partial charge in [-0.3, -0.25) is 0 Å². The smallest absolute Gasteiger partial charge is 0.343 e. The van der Waals surface area contributed by atoms with E-state index in [0.717, 1.165) is 6.08 Å². The minimum Gasteiger partial charge on any atom is -0.422 e. The van der Waals surface area contributed by atoms with E-state index >= 15 is 0 Å². The molecule has 1 aromatic carbocycles. The fourth-order valence-corrected chi connectivity index (χ4v) is 1.65. The summed E-state index contributed by atoms with van der Waals surface area (Å²) in [6.45, 7) is -0.450. The van der Waals surface area contributed by atoms with Crippen molar-refractivity contribution in [2.75, 3.05) is 6.61 Å². The minimum absolute atomic E-state index is 0.189. The molecule has 3 N–H and O–H groups in total. The second kappa shape index (κ2) is 5.94. The second-order valence-electron chi connectivity index (χ2n) is 4.02. The Bertz CT molecular complexity index is 469. The summed E-state index contributed by atoms with van der Waals surface area (Å²) < 4.78 is 9.87. The van der Waals surface area contributed by atoms with Gasteiger partial charge < -0.3 is 24.8 Å². The number of aliphatic hydroxyl groups is 3. The highest BCUT2D eigenvalue weighted by molar-refractivity contribution is 5.90. The quantitative estimate of drug-likeness (QED) is 0.656. The molecule has 6 heteroatoms. The molecule has 0 saturated heterocycles. The van der Waals surface area contributed by atoms with Gasteiger partial charge in [0.1, 0.15) is 12.2 Å². The summed E-state index contributed by atoms with van der Waals surface area (Å²) in [7, 11) is 0. The maximum Gasteiger partial charge on any atom is 0.343 e. The number of carbonyl (C=O) groups is 1. The van der Waals surface area contributed by atoms with E-state index in [2.05, 4.69) is 0 Å². The first kappa shape index (κ1) is 13.7. The maximum absolute atomic E-state index is 11.8. The van der Waals surface area contributed by atoms with Gasteiger partial charge in [-0.05, 0) is 18.2 Å². The molecule has 19 heavy (non-hydrogen) atoms. The third kappa shape index (κ3) is 3.18. The first-order chi connectivity index (χ1) is 9.11. The summed E-state index contributed by atoms with van der Waals surface area (Å²) in [5.74, 6) is -0.852. The molecule has 0 saturated carbocycles. The number of hydrogen-bond donors (Lipinski definition) is 3. The normalized spacial score (nSPS) is 26.7. The van der Waals surface area contributed by atoms with Crippen LogP contribution in [0.2, 0.25) is 0 Å². The standard InChI is InChI=1S/C13H14O6/c14-7-11-9(15)6-10(13(17)19-11)18-12(16)8-4-2-1-3-5-8/h1-6,9,11,13-15,17H,7H2/t9-,11+,13?/m0/s1. The van der Waals surface area contributed by atoms with E-state index in [1.807, 2.05) is 0 Å². The Morgan fingerprint density at radius 3 is 2.58 bits per heavy atom. The molecule has 1 unspecified atom stereocenters. The highest BCUT2D eigenvalue weighted by Crippen LogP contribution is 2.20. The number of esters is 1. The zero-order valence-corrected chi connectivity index (χ0v) is 9.97. The van der Waals surface area contributed by atoms with Crippen LogP contribution in [0.1, 0.15) is 10.4 Å².